The number of carbonyl (C=O) groups excluding carboxylic acids is 1. The Hall–Kier alpha value is -2.50. The van der Waals surface area contributed by atoms with Crippen molar-refractivity contribution >= 4 is 5.97 Å². The van der Waals surface area contributed by atoms with Crippen molar-refractivity contribution in [1.29, 1.82) is 0 Å². The zero-order chi connectivity index (χ0) is 14.1. The first-order valence-electron chi connectivity index (χ1n) is 6.18. The third kappa shape index (κ3) is 1.89. The van der Waals surface area contributed by atoms with Crippen LogP contribution >= 0.6 is 0 Å². The van der Waals surface area contributed by atoms with Gasteiger partial charge in [0.25, 0.3) is 0 Å². The molecule has 0 N–H and O–H groups in total. The Morgan fingerprint density at radius 3 is 3.00 bits per heavy atom. The Morgan fingerprint density at radius 2 is 2.25 bits per heavy atom. The maximum Gasteiger partial charge on any atom is 0.338 e. The molecule has 1 aliphatic heterocycles. The third-order valence-electron chi connectivity index (χ3n) is 3.26. The van der Waals surface area contributed by atoms with Gasteiger partial charge in [0.15, 0.2) is 11.5 Å². The van der Waals surface area contributed by atoms with Gasteiger partial charge in [-0.3, -0.25) is 0 Å². The lowest BCUT2D eigenvalue weighted by atomic mass is 10.1. The van der Waals surface area contributed by atoms with Crippen LogP contribution in [0.25, 0.3) is 11.3 Å². The summed E-state index contributed by atoms with van der Waals surface area (Å²) < 4.78 is 17.8. The van der Waals surface area contributed by atoms with Crippen LogP contribution in [0.4, 0.5) is 0 Å². The molecular formula is C14H14N2O4. The van der Waals surface area contributed by atoms with E-state index >= 15 is 0 Å². The van der Waals surface area contributed by atoms with Gasteiger partial charge in [-0.1, -0.05) is 0 Å². The average molecular weight is 274 g/mol. The van der Waals surface area contributed by atoms with Gasteiger partial charge >= 0.3 is 5.97 Å². The normalized spacial score (nSPS) is 12.7. The molecule has 104 valence electrons. The van der Waals surface area contributed by atoms with Crippen LogP contribution in [0, 0.1) is 0 Å². The highest BCUT2D eigenvalue weighted by Crippen LogP contribution is 2.40. The molecule has 2 heterocycles. The minimum Gasteiger partial charge on any atom is -0.493 e. The molecule has 0 amide bonds. The maximum absolute atomic E-state index is 11.8. The van der Waals surface area contributed by atoms with E-state index in [1.54, 1.807) is 31.8 Å². The van der Waals surface area contributed by atoms with Crippen molar-refractivity contribution in [3.05, 3.63) is 30.2 Å². The molecular weight excluding hydrogens is 260 g/mol. The second kappa shape index (κ2) is 4.88. The Bertz CT molecular complexity index is 663. The second-order valence-corrected chi connectivity index (χ2v) is 4.37. The Labute approximate surface area is 115 Å². The van der Waals surface area contributed by atoms with Crippen molar-refractivity contribution in [1.82, 2.24) is 9.55 Å². The Balaban J connectivity index is 2.24. The molecule has 0 unspecified atom stereocenters. The van der Waals surface area contributed by atoms with E-state index in [0.717, 1.165) is 11.3 Å². The highest BCUT2D eigenvalue weighted by atomic mass is 16.5. The van der Waals surface area contributed by atoms with E-state index in [9.17, 15) is 4.79 Å². The first-order valence-corrected chi connectivity index (χ1v) is 6.18. The molecule has 1 aliphatic rings. The van der Waals surface area contributed by atoms with Gasteiger partial charge in [-0.25, -0.2) is 9.78 Å². The zero-order valence-corrected chi connectivity index (χ0v) is 11.3. The average Bonchev–Trinajstić information content (AvgIpc) is 2.87. The molecule has 0 saturated carbocycles. The molecule has 20 heavy (non-hydrogen) atoms. The first-order chi connectivity index (χ1) is 9.74. The lowest BCUT2D eigenvalue weighted by Crippen LogP contribution is -2.05. The fourth-order valence-electron chi connectivity index (χ4n) is 2.30. The fraction of sp³-hybridized carbons (Fsp3) is 0.286. The number of rotatable bonds is 2. The van der Waals surface area contributed by atoms with Crippen LogP contribution in [0.15, 0.2) is 24.7 Å². The molecule has 2 aromatic rings. The zero-order valence-electron chi connectivity index (χ0n) is 11.3. The monoisotopic (exact) mass is 274 g/mol. The second-order valence-electron chi connectivity index (χ2n) is 4.37. The number of imidazole rings is 1. The van der Waals surface area contributed by atoms with Gasteiger partial charge in [-0.2, -0.15) is 0 Å². The van der Waals surface area contributed by atoms with Crippen molar-refractivity contribution < 1.29 is 19.0 Å². The van der Waals surface area contributed by atoms with Crippen LogP contribution < -0.4 is 9.47 Å². The summed E-state index contributed by atoms with van der Waals surface area (Å²) in [6.45, 7) is 1.21. The van der Waals surface area contributed by atoms with E-state index in [-0.39, 0.29) is 0 Å². The summed E-state index contributed by atoms with van der Waals surface area (Å²) in [6, 6.07) is 3.36. The summed E-state index contributed by atoms with van der Waals surface area (Å²) in [5.41, 5.74) is 2.09. The number of esters is 1. The molecule has 0 saturated heterocycles. The fourth-order valence-corrected chi connectivity index (χ4v) is 2.30. The molecule has 6 nitrogen and oxygen atoms in total. The number of carbonyl (C=O) groups is 1. The number of aromatic nitrogens is 2. The molecule has 0 spiro atoms. The van der Waals surface area contributed by atoms with Gasteiger partial charge < -0.3 is 18.8 Å². The van der Waals surface area contributed by atoms with Crippen molar-refractivity contribution in [3.8, 4) is 22.8 Å². The summed E-state index contributed by atoms with van der Waals surface area (Å²) >= 11 is 0. The van der Waals surface area contributed by atoms with Crippen molar-refractivity contribution in [2.75, 3.05) is 20.8 Å². The summed E-state index contributed by atoms with van der Waals surface area (Å²) in [6.07, 6.45) is 3.49. The van der Waals surface area contributed by atoms with Gasteiger partial charge in [-0.05, 0) is 12.1 Å². The number of methoxy groups -OCH3 is 2. The lowest BCUT2D eigenvalue weighted by molar-refractivity contribution is 0.0600. The van der Waals surface area contributed by atoms with Crippen LogP contribution in [0.3, 0.4) is 0 Å². The number of hydrogen-bond donors (Lipinski definition) is 0. The smallest absolute Gasteiger partial charge is 0.338 e. The van der Waals surface area contributed by atoms with Crippen molar-refractivity contribution in [2.45, 2.75) is 6.54 Å². The quantitative estimate of drug-likeness (QED) is 0.780. The number of benzene rings is 1. The molecule has 6 heteroatoms. The minimum absolute atomic E-state index is 0.415. The maximum atomic E-state index is 11.8. The van der Waals surface area contributed by atoms with Gasteiger partial charge in [-0.15, -0.1) is 0 Å². The molecule has 0 bridgehead atoms. The number of nitrogens with zero attached hydrogens (tertiary/aromatic N) is 2. The van der Waals surface area contributed by atoms with E-state index in [4.69, 9.17) is 14.2 Å². The van der Waals surface area contributed by atoms with E-state index in [2.05, 4.69) is 4.98 Å². The Kier molecular flexibility index (Phi) is 3.06. The number of ether oxygens (including phenoxy) is 3. The first kappa shape index (κ1) is 12.5. The molecule has 0 atom stereocenters. The third-order valence-corrected chi connectivity index (χ3v) is 3.26. The molecule has 1 aromatic heterocycles. The van der Waals surface area contributed by atoms with Gasteiger partial charge in [0.05, 0.1) is 44.5 Å². The van der Waals surface area contributed by atoms with E-state index < -0.39 is 5.97 Å². The largest absolute Gasteiger partial charge is 0.493 e. The standard InChI is InChI=1S/C14H14N2O4/c1-18-12-6-9(14(17)19-2)5-10-11-7-15-8-16(11)3-4-20-13(10)12/h5-8H,3-4H2,1-2H3. The van der Waals surface area contributed by atoms with Crippen LogP contribution in [-0.2, 0) is 11.3 Å². The minimum atomic E-state index is -0.415. The predicted molar refractivity (Wildman–Crippen MR) is 71.0 cm³/mol. The van der Waals surface area contributed by atoms with Gasteiger partial charge in [0.1, 0.15) is 6.61 Å². The summed E-state index contributed by atoms with van der Waals surface area (Å²) in [4.78, 5) is 15.9. The number of fused-ring (bicyclic) bond motifs is 3. The topological polar surface area (TPSA) is 62.6 Å². The van der Waals surface area contributed by atoms with Crippen molar-refractivity contribution in [3.63, 3.8) is 0 Å². The molecule has 1 aromatic carbocycles. The van der Waals surface area contributed by atoms with E-state index in [0.29, 0.717) is 30.2 Å². The SMILES string of the molecule is COC(=O)c1cc(OC)c2c(c1)-c1cncn1CCO2. The van der Waals surface area contributed by atoms with E-state index in [1.807, 2.05) is 4.57 Å². The van der Waals surface area contributed by atoms with Crippen LogP contribution in [0.2, 0.25) is 0 Å². The molecule has 0 aliphatic carbocycles. The van der Waals surface area contributed by atoms with Crippen molar-refractivity contribution in [2.24, 2.45) is 0 Å². The Morgan fingerprint density at radius 1 is 1.40 bits per heavy atom. The van der Waals surface area contributed by atoms with Crippen LogP contribution in [0.1, 0.15) is 10.4 Å². The summed E-state index contributed by atoms with van der Waals surface area (Å²) in [5.74, 6) is 0.721. The molecule has 0 fully saturated rings. The lowest BCUT2D eigenvalue weighted by Gasteiger charge is -2.13. The summed E-state index contributed by atoms with van der Waals surface area (Å²) in [7, 11) is 2.89. The predicted octanol–water partition coefficient (Wildman–Crippen LogP) is 1.74. The van der Waals surface area contributed by atoms with E-state index in [1.165, 1.54) is 7.11 Å². The van der Waals surface area contributed by atoms with Gasteiger partial charge in [0, 0.05) is 5.56 Å². The highest BCUT2D eigenvalue weighted by molar-refractivity contribution is 5.93. The molecule has 3 rings (SSSR count). The molecule has 0 radical (unpaired) electrons. The highest BCUT2D eigenvalue weighted by Gasteiger charge is 2.22. The van der Waals surface area contributed by atoms with Crippen LogP contribution in [0.5, 0.6) is 11.5 Å². The van der Waals surface area contributed by atoms with Crippen LogP contribution in [-0.4, -0.2) is 36.3 Å². The number of hydrogen-bond acceptors (Lipinski definition) is 5. The summed E-state index contributed by atoms with van der Waals surface area (Å²) in [5, 5.41) is 0. The van der Waals surface area contributed by atoms with Gasteiger partial charge in [0.2, 0.25) is 0 Å².